The molecule has 2 rings (SSSR count). The van der Waals surface area contributed by atoms with Crippen LogP contribution in [-0.4, -0.2) is 32.2 Å². The normalized spacial score (nSPS) is 15.2. The summed E-state index contributed by atoms with van der Waals surface area (Å²) in [5.41, 5.74) is 2.24. The molecule has 0 saturated carbocycles. The maximum absolute atomic E-state index is 12.4. The topological polar surface area (TPSA) is 73.9 Å². The lowest BCUT2D eigenvalue weighted by Gasteiger charge is -2.27. The average Bonchev–Trinajstić information content (AvgIpc) is 2.68. The Morgan fingerprint density at radius 3 is 2.70 bits per heavy atom. The van der Waals surface area contributed by atoms with E-state index in [1.165, 1.54) is 0 Å². The Bertz CT molecular complexity index is 687. The smallest absolute Gasteiger partial charge is 0.362 e. The number of benzene rings is 1. The average molecular weight is 373 g/mol. The Labute approximate surface area is 161 Å². The first-order valence-corrected chi connectivity index (χ1v) is 9.52. The van der Waals surface area contributed by atoms with Crippen LogP contribution in [0.25, 0.3) is 0 Å². The van der Waals surface area contributed by atoms with Crippen molar-refractivity contribution in [1.82, 2.24) is 5.32 Å². The monoisotopic (exact) mass is 373 g/mol. The number of allylic oxidation sites excluding steroid dienone is 1. The molecule has 27 heavy (non-hydrogen) atoms. The fraction of sp³-hybridized carbons (Fsp3) is 0.500. The summed E-state index contributed by atoms with van der Waals surface area (Å²) in [6, 6.07) is 5.39. The number of para-hydroxylation sites is 1. The molecule has 0 aromatic heterocycles. The number of esters is 2. The molecule has 146 valence electrons. The lowest BCUT2D eigenvalue weighted by atomic mass is 9.79. The van der Waals surface area contributed by atoms with Crippen LogP contribution in [0.3, 0.4) is 0 Å². The molecule has 0 amide bonds. The first kappa shape index (κ1) is 20.9. The van der Waals surface area contributed by atoms with Gasteiger partial charge in [0, 0.05) is 11.6 Å². The Hall–Kier alpha value is -2.44. The number of fused-ring (bicyclic) bond motifs is 1. The minimum atomic E-state index is -0.562. The third-order valence-electron chi connectivity index (χ3n) is 4.76. The van der Waals surface area contributed by atoms with E-state index in [0.29, 0.717) is 31.6 Å². The van der Waals surface area contributed by atoms with E-state index in [4.69, 9.17) is 14.1 Å². The molecule has 0 aliphatic carbocycles. The van der Waals surface area contributed by atoms with Crippen molar-refractivity contribution in [2.24, 2.45) is 5.92 Å². The largest absolute Gasteiger partial charge is 0.561 e. The first-order valence-electron chi connectivity index (χ1n) is 9.52. The molecule has 0 saturated heterocycles. The van der Waals surface area contributed by atoms with Crippen molar-refractivity contribution in [3.8, 4) is 5.75 Å². The van der Waals surface area contributed by atoms with Crippen LogP contribution >= 0.6 is 0 Å². The van der Waals surface area contributed by atoms with Crippen molar-refractivity contribution in [2.45, 2.75) is 52.4 Å². The molecular weight excluding hydrogens is 345 g/mol. The van der Waals surface area contributed by atoms with E-state index >= 15 is 0 Å². The van der Waals surface area contributed by atoms with Crippen molar-refractivity contribution in [1.29, 1.82) is 0 Å². The van der Waals surface area contributed by atoms with Crippen molar-refractivity contribution in [3.63, 3.8) is 0 Å². The molecule has 0 bridgehead atoms. The molecule has 1 aliphatic rings. The molecule has 6 nitrogen and oxygen atoms in total. The number of carbonyl (C=O) groups is 2. The molecule has 0 fully saturated rings. The summed E-state index contributed by atoms with van der Waals surface area (Å²) in [7, 11) is 0.444. The van der Waals surface area contributed by atoms with Gasteiger partial charge >= 0.3 is 19.4 Å². The fourth-order valence-electron chi connectivity index (χ4n) is 3.03. The lowest BCUT2D eigenvalue weighted by Crippen LogP contribution is -2.41. The Morgan fingerprint density at radius 1 is 1.30 bits per heavy atom. The highest BCUT2D eigenvalue weighted by atomic mass is 16.7. The van der Waals surface area contributed by atoms with Gasteiger partial charge in [0.25, 0.3) is 0 Å². The third-order valence-corrected chi connectivity index (χ3v) is 4.76. The number of rotatable bonds is 9. The Kier molecular flexibility index (Phi) is 7.76. The van der Waals surface area contributed by atoms with Gasteiger partial charge in [0.15, 0.2) is 0 Å². The van der Waals surface area contributed by atoms with Crippen LogP contribution in [0.1, 0.15) is 56.0 Å². The van der Waals surface area contributed by atoms with Gasteiger partial charge in [0.1, 0.15) is 11.3 Å². The summed E-state index contributed by atoms with van der Waals surface area (Å²) in [5.74, 6) is -0.414. The highest BCUT2D eigenvalue weighted by Crippen LogP contribution is 2.29. The number of hydrogen-bond acceptors (Lipinski definition) is 6. The molecule has 1 aromatic rings. The van der Waals surface area contributed by atoms with Crippen LogP contribution in [0, 0.1) is 5.92 Å². The predicted molar refractivity (Wildman–Crippen MR) is 105 cm³/mol. The second-order valence-corrected chi connectivity index (χ2v) is 6.63. The molecule has 0 unspecified atom stereocenters. The molecule has 1 atom stereocenters. The summed E-state index contributed by atoms with van der Waals surface area (Å²) >= 11 is 0. The maximum Gasteiger partial charge on any atom is 0.362 e. The van der Waals surface area contributed by atoms with E-state index in [1.807, 2.05) is 26.8 Å². The van der Waals surface area contributed by atoms with E-state index in [2.05, 4.69) is 11.9 Å². The van der Waals surface area contributed by atoms with Crippen LogP contribution in [-0.2, 0) is 20.7 Å². The minimum Gasteiger partial charge on any atom is -0.561 e. The van der Waals surface area contributed by atoms with E-state index in [0.717, 1.165) is 24.1 Å². The number of hydrogen-bond donors (Lipinski definition) is 1. The molecule has 1 aromatic carbocycles. The van der Waals surface area contributed by atoms with Crippen LogP contribution in [0.15, 0.2) is 30.5 Å². The van der Waals surface area contributed by atoms with Crippen LogP contribution in [0.5, 0.6) is 5.75 Å². The number of ether oxygens (including phenoxy) is 2. The second-order valence-electron chi connectivity index (χ2n) is 6.63. The first-order chi connectivity index (χ1) is 13.0. The zero-order valence-corrected chi connectivity index (χ0v) is 16.4. The van der Waals surface area contributed by atoms with Gasteiger partial charge in [-0.2, -0.15) is 0 Å². The lowest BCUT2D eigenvalue weighted by molar-refractivity contribution is -0.157. The van der Waals surface area contributed by atoms with Crippen LogP contribution in [0.4, 0.5) is 0 Å². The summed E-state index contributed by atoms with van der Waals surface area (Å²) in [6.45, 7) is 9.45. The highest BCUT2D eigenvalue weighted by molar-refractivity contribution is 6.32. The molecule has 1 heterocycles. The second kappa shape index (κ2) is 10.0. The van der Waals surface area contributed by atoms with Gasteiger partial charge in [-0.3, -0.25) is 4.79 Å². The van der Waals surface area contributed by atoms with Crippen molar-refractivity contribution in [3.05, 3.63) is 41.6 Å². The van der Waals surface area contributed by atoms with Crippen molar-refractivity contribution < 1.29 is 23.7 Å². The van der Waals surface area contributed by atoms with Gasteiger partial charge in [0.2, 0.25) is 6.79 Å². The molecule has 7 heteroatoms. The van der Waals surface area contributed by atoms with Gasteiger partial charge in [-0.25, -0.2) is 4.79 Å². The van der Waals surface area contributed by atoms with Gasteiger partial charge in [-0.05, 0) is 37.3 Å². The standard InChI is InChI=1S/C20H28BNO5/c1-5-13(4)22-17-11-15-9-8-10-16(18(15)27-21-17)20(24)26-12-25-19(23)14(6-2)7-3/h8-10,14,17,21-22H,4-7,11-12H2,1-3H3/t17-/m0/s1. The molecule has 0 spiro atoms. The van der Waals surface area contributed by atoms with Crippen LogP contribution in [0.2, 0.25) is 0 Å². The summed E-state index contributed by atoms with van der Waals surface area (Å²) in [6.07, 6.45) is 2.98. The minimum absolute atomic E-state index is 0.122. The summed E-state index contributed by atoms with van der Waals surface area (Å²) in [4.78, 5) is 24.2. The maximum atomic E-state index is 12.4. The Morgan fingerprint density at radius 2 is 2.04 bits per heavy atom. The quantitative estimate of drug-likeness (QED) is 0.408. The van der Waals surface area contributed by atoms with Crippen molar-refractivity contribution >= 4 is 19.4 Å². The molecular formula is C20H28BNO5. The van der Waals surface area contributed by atoms with Gasteiger partial charge in [0.05, 0.1) is 5.92 Å². The van der Waals surface area contributed by atoms with E-state index in [-0.39, 0.29) is 17.8 Å². The molecule has 1 aliphatic heterocycles. The predicted octanol–water partition coefficient (Wildman–Crippen LogP) is 2.91. The zero-order chi connectivity index (χ0) is 19.8. The number of carbonyl (C=O) groups excluding carboxylic acids is 2. The molecule has 0 radical (unpaired) electrons. The Balaban J connectivity index is 1.96. The van der Waals surface area contributed by atoms with E-state index in [1.54, 1.807) is 12.1 Å². The fourth-order valence-corrected chi connectivity index (χ4v) is 3.03. The van der Waals surface area contributed by atoms with Gasteiger partial charge in [-0.1, -0.05) is 39.5 Å². The van der Waals surface area contributed by atoms with Gasteiger partial charge < -0.3 is 19.4 Å². The van der Waals surface area contributed by atoms with Gasteiger partial charge in [-0.15, -0.1) is 0 Å². The van der Waals surface area contributed by atoms with E-state index < -0.39 is 12.8 Å². The van der Waals surface area contributed by atoms with E-state index in [9.17, 15) is 9.59 Å². The summed E-state index contributed by atoms with van der Waals surface area (Å²) < 4.78 is 16.0. The molecule has 1 N–H and O–H groups in total. The summed E-state index contributed by atoms with van der Waals surface area (Å²) in [5, 5.41) is 3.33. The SMILES string of the molecule is C=C(CC)N[C@@H]1BOc2c(cccc2C(=O)OCOC(=O)C(CC)CC)C1. The van der Waals surface area contributed by atoms with Crippen molar-refractivity contribution in [2.75, 3.05) is 6.79 Å². The highest BCUT2D eigenvalue weighted by Gasteiger charge is 2.27. The number of nitrogens with one attached hydrogen (secondary N) is 1. The van der Waals surface area contributed by atoms with Crippen LogP contribution < -0.4 is 9.97 Å². The zero-order valence-electron chi connectivity index (χ0n) is 16.4. The third kappa shape index (κ3) is 5.52.